The Balaban J connectivity index is 1.49. The van der Waals surface area contributed by atoms with E-state index in [1.807, 2.05) is 0 Å². The molecule has 2 fully saturated rings. The average molecular weight is 256 g/mol. The van der Waals surface area contributed by atoms with Gasteiger partial charge in [-0.3, -0.25) is 4.79 Å². The molecular formula is C14H24O4. The number of esters is 1. The Morgan fingerprint density at radius 3 is 2.11 bits per heavy atom. The van der Waals surface area contributed by atoms with Crippen molar-refractivity contribution in [3.05, 3.63) is 0 Å². The van der Waals surface area contributed by atoms with Crippen molar-refractivity contribution in [1.82, 2.24) is 0 Å². The SMILES string of the molecule is CC1(CCCC(=O)OCCC2(C)COC2)COC1. The van der Waals surface area contributed by atoms with Crippen LogP contribution in [0.3, 0.4) is 0 Å². The number of carbonyl (C=O) groups is 1. The van der Waals surface area contributed by atoms with Crippen molar-refractivity contribution in [3.8, 4) is 0 Å². The smallest absolute Gasteiger partial charge is 0.305 e. The molecule has 0 bridgehead atoms. The molecule has 0 aromatic heterocycles. The summed E-state index contributed by atoms with van der Waals surface area (Å²) in [5.74, 6) is -0.0670. The molecule has 0 atom stereocenters. The molecule has 0 N–H and O–H groups in total. The lowest BCUT2D eigenvalue weighted by Crippen LogP contribution is -2.40. The van der Waals surface area contributed by atoms with Gasteiger partial charge < -0.3 is 14.2 Å². The lowest BCUT2D eigenvalue weighted by Gasteiger charge is -2.38. The zero-order chi connectivity index (χ0) is 13.1. The second-order valence-electron chi connectivity index (χ2n) is 6.43. The van der Waals surface area contributed by atoms with Crippen LogP contribution in [0.5, 0.6) is 0 Å². The molecule has 4 nitrogen and oxygen atoms in total. The van der Waals surface area contributed by atoms with Gasteiger partial charge in [0.05, 0.1) is 33.0 Å². The van der Waals surface area contributed by atoms with E-state index in [-0.39, 0.29) is 11.4 Å². The number of rotatable bonds is 7. The minimum Gasteiger partial charge on any atom is -0.466 e. The monoisotopic (exact) mass is 256 g/mol. The van der Waals surface area contributed by atoms with Crippen LogP contribution in [0.4, 0.5) is 0 Å². The van der Waals surface area contributed by atoms with Gasteiger partial charge in [-0.25, -0.2) is 0 Å². The molecule has 2 rings (SSSR count). The quantitative estimate of drug-likeness (QED) is 0.655. The van der Waals surface area contributed by atoms with Crippen LogP contribution in [0.1, 0.15) is 39.5 Å². The van der Waals surface area contributed by atoms with Gasteiger partial charge in [-0.05, 0) is 19.3 Å². The fourth-order valence-corrected chi connectivity index (χ4v) is 2.33. The Hall–Kier alpha value is -0.610. The number of carbonyl (C=O) groups excluding carboxylic acids is 1. The van der Waals surface area contributed by atoms with Crippen molar-refractivity contribution in [3.63, 3.8) is 0 Å². The highest BCUT2D eigenvalue weighted by atomic mass is 16.5. The van der Waals surface area contributed by atoms with Gasteiger partial charge in [0.25, 0.3) is 0 Å². The normalized spacial score (nSPS) is 23.9. The van der Waals surface area contributed by atoms with Gasteiger partial charge in [0.15, 0.2) is 0 Å². The maximum absolute atomic E-state index is 11.5. The van der Waals surface area contributed by atoms with Crippen LogP contribution in [0, 0.1) is 10.8 Å². The molecule has 0 amide bonds. The molecular weight excluding hydrogens is 232 g/mol. The van der Waals surface area contributed by atoms with Crippen molar-refractivity contribution in [2.45, 2.75) is 39.5 Å². The third-order valence-electron chi connectivity index (χ3n) is 3.93. The molecule has 0 aromatic rings. The Bertz CT molecular complexity index is 264. The lowest BCUT2D eigenvalue weighted by atomic mass is 9.83. The predicted molar refractivity (Wildman–Crippen MR) is 67.3 cm³/mol. The molecule has 0 aromatic carbocycles. The summed E-state index contributed by atoms with van der Waals surface area (Å²) < 4.78 is 15.6. The van der Waals surface area contributed by atoms with Crippen LogP contribution in [-0.2, 0) is 19.0 Å². The molecule has 2 aliphatic heterocycles. The number of ether oxygens (including phenoxy) is 3. The van der Waals surface area contributed by atoms with Crippen LogP contribution in [0.15, 0.2) is 0 Å². The van der Waals surface area contributed by atoms with E-state index in [1.54, 1.807) is 0 Å². The molecule has 0 radical (unpaired) electrons. The van der Waals surface area contributed by atoms with Crippen molar-refractivity contribution >= 4 is 5.97 Å². The van der Waals surface area contributed by atoms with Gasteiger partial charge in [0.2, 0.25) is 0 Å². The topological polar surface area (TPSA) is 44.8 Å². The molecule has 0 aliphatic carbocycles. The zero-order valence-corrected chi connectivity index (χ0v) is 11.5. The first-order valence-electron chi connectivity index (χ1n) is 6.83. The van der Waals surface area contributed by atoms with Crippen LogP contribution in [0.25, 0.3) is 0 Å². The largest absolute Gasteiger partial charge is 0.466 e. The fraction of sp³-hybridized carbons (Fsp3) is 0.929. The summed E-state index contributed by atoms with van der Waals surface area (Å²) in [6, 6.07) is 0. The second kappa shape index (κ2) is 5.57. The predicted octanol–water partition coefficient (Wildman–Crippen LogP) is 2.16. The number of hydrogen-bond acceptors (Lipinski definition) is 4. The van der Waals surface area contributed by atoms with E-state index in [2.05, 4.69) is 13.8 Å². The Kier molecular flexibility index (Phi) is 4.28. The molecule has 0 saturated carbocycles. The van der Waals surface area contributed by atoms with Crippen molar-refractivity contribution in [1.29, 1.82) is 0 Å². The maximum atomic E-state index is 11.5. The minimum atomic E-state index is -0.0670. The zero-order valence-electron chi connectivity index (χ0n) is 11.5. The molecule has 2 saturated heterocycles. The van der Waals surface area contributed by atoms with E-state index in [0.29, 0.717) is 18.4 Å². The van der Waals surface area contributed by atoms with Gasteiger partial charge in [0, 0.05) is 17.3 Å². The van der Waals surface area contributed by atoms with Crippen molar-refractivity contribution < 1.29 is 19.0 Å². The molecule has 18 heavy (non-hydrogen) atoms. The highest BCUT2D eigenvalue weighted by Gasteiger charge is 2.34. The van der Waals surface area contributed by atoms with Crippen LogP contribution >= 0.6 is 0 Å². The van der Waals surface area contributed by atoms with E-state index in [9.17, 15) is 4.79 Å². The van der Waals surface area contributed by atoms with Crippen molar-refractivity contribution in [2.24, 2.45) is 10.8 Å². The van der Waals surface area contributed by atoms with Gasteiger partial charge in [-0.1, -0.05) is 13.8 Å². The Morgan fingerprint density at radius 1 is 1.06 bits per heavy atom. The van der Waals surface area contributed by atoms with E-state index in [1.165, 1.54) is 0 Å². The maximum Gasteiger partial charge on any atom is 0.305 e. The molecule has 0 spiro atoms. The van der Waals surface area contributed by atoms with Crippen LogP contribution in [0.2, 0.25) is 0 Å². The summed E-state index contributed by atoms with van der Waals surface area (Å²) in [4.78, 5) is 11.5. The molecule has 104 valence electrons. The summed E-state index contributed by atoms with van der Waals surface area (Å²) in [6.07, 6.45) is 3.39. The summed E-state index contributed by atoms with van der Waals surface area (Å²) >= 11 is 0. The van der Waals surface area contributed by atoms with E-state index < -0.39 is 0 Å². The first kappa shape index (κ1) is 13.8. The first-order chi connectivity index (χ1) is 8.52. The minimum absolute atomic E-state index is 0.0670. The molecule has 0 unspecified atom stereocenters. The van der Waals surface area contributed by atoms with Crippen molar-refractivity contribution in [2.75, 3.05) is 33.0 Å². The lowest BCUT2D eigenvalue weighted by molar-refractivity contribution is -0.150. The highest BCUT2D eigenvalue weighted by Crippen LogP contribution is 2.32. The van der Waals surface area contributed by atoms with Crippen LogP contribution < -0.4 is 0 Å². The van der Waals surface area contributed by atoms with Gasteiger partial charge in [-0.2, -0.15) is 0 Å². The molecule has 2 heterocycles. The van der Waals surface area contributed by atoms with E-state index >= 15 is 0 Å². The molecule has 4 heteroatoms. The first-order valence-corrected chi connectivity index (χ1v) is 6.83. The van der Waals surface area contributed by atoms with Crippen LogP contribution in [-0.4, -0.2) is 39.0 Å². The van der Waals surface area contributed by atoms with Gasteiger partial charge in [0.1, 0.15) is 0 Å². The Labute approximate surface area is 109 Å². The third-order valence-corrected chi connectivity index (χ3v) is 3.93. The summed E-state index contributed by atoms with van der Waals surface area (Å²) in [7, 11) is 0. The van der Waals surface area contributed by atoms with Gasteiger partial charge in [-0.15, -0.1) is 0 Å². The summed E-state index contributed by atoms with van der Waals surface area (Å²) in [6.45, 7) is 8.16. The third kappa shape index (κ3) is 3.69. The standard InChI is InChI=1S/C14H24O4/c1-13(8-16-9-13)5-3-4-12(15)18-7-6-14(2)10-17-11-14/h3-11H2,1-2H3. The highest BCUT2D eigenvalue weighted by molar-refractivity contribution is 5.69. The number of hydrogen-bond donors (Lipinski definition) is 0. The fourth-order valence-electron chi connectivity index (χ4n) is 2.33. The average Bonchev–Trinajstić information content (AvgIpc) is 2.24. The van der Waals surface area contributed by atoms with Gasteiger partial charge >= 0.3 is 5.97 Å². The van der Waals surface area contributed by atoms with E-state index in [4.69, 9.17) is 14.2 Å². The molecule has 2 aliphatic rings. The Morgan fingerprint density at radius 2 is 1.61 bits per heavy atom. The van der Waals surface area contributed by atoms with E-state index in [0.717, 1.165) is 45.7 Å². The summed E-state index contributed by atoms with van der Waals surface area (Å²) in [5, 5.41) is 0. The second-order valence-corrected chi connectivity index (χ2v) is 6.43. The summed E-state index contributed by atoms with van der Waals surface area (Å²) in [5.41, 5.74) is 0.536.